The predicted molar refractivity (Wildman–Crippen MR) is 68.5 cm³/mol. The molecule has 90 valence electrons. The first-order valence-electron chi connectivity index (χ1n) is 6.03. The van der Waals surface area contributed by atoms with E-state index in [-0.39, 0.29) is 0 Å². The third kappa shape index (κ3) is 4.23. The zero-order chi connectivity index (χ0) is 12.0. The average Bonchev–Trinajstić information content (AvgIpc) is 2.55. The molecule has 2 heteroatoms. The van der Waals surface area contributed by atoms with Crippen molar-refractivity contribution in [3.05, 3.63) is 35.8 Å². The summed E-state index contributed by atoms with van der Waals surface area (Å²) in [6, 6.07) is 2.66. The zero-order valence-corrected chi connectivity index (χ0v) is 10.7. The molecule has 1 N–H and O–H groups in total. The quantitative estimate of drug-likeness (QED) is 0.560. The van der Waals surface area contributed by atoms with Gasteiger partial charge in [0, 0.05) is 18.2 Å². The lowest BCUT2D eigenvalue weighted by Gasteiger charge is -2.12. The Labute approximate surface area is 98.7 Å². The van der Waals surface area contributed by atoms with Crippen molar-refractivity contribution in [3.8, 4) is 0 Å². The van der Waals surface area contributed by atoms with Gasteiger partial charge in [-0.05, 0) is 46.1 Å². The zero-order valence-electron chi connectivity index (χ0n) is 10.7. The summed E-state index contributed by atoms with van der Waals surface area (Å²) in [5, 5.41) is 3.52. The lowest BCUT2D eigenvalue weighted by molar-refractivity contribution is 0.481. The molecule has 1 aromatic heterocycles. The van der Waals surface area contributed by atoms with Gasteiger partial charge in [0.1, 0.15) is 11.5 Å². The van der Waals surface area contributed by atoms with Crippen LogP contribution in [0.25, 0.3) is 0 Å². The molecule has 0 radical (unpaired) electrons. The molecule has 0 aliphatic carbocycles. The molecule has 1 atom stereocenters. The molecular weight excluding hydrogens is 198 g/mol. The molecule has 1 aromatic rings. The summed E-state index contributed by atoms with van der Waals surface area (Å²) in [5.74, 6) is 2.02. The molecule has 0 amide bonds. The number of allylic oxidation sites excluding steroid dienone is 1. The Bertz CT molecular complexity index is 327. The second-order valence-electron chi connectivity index (χ2n) is 4.44. The first-order chi connectivity index (χ1) is 7.63. The van der Waals surface area contributed by atoms with Gasteiger partial charge in [-0.15, -0.1) is 6.58 Å². The van der Waals surface area contributed by atoms with Crippen LogP contribution in [0.3, 0.4) is 0 Å². The molecule has 1 unspecified atom stereocenters. The number of hydrogen-bond donors (Lipinski definition) is 1. The highest BCUT2D eigenvalue weighted by molar-refractivity contribution is 5.19. The molecule has 1 heterocycles. The lowest BCUT2D eigenvalue weighted by atomic mass is 10.1. The van der Waals surface area contributed by atoms with Crippen molar-refractivity contribution in [2.24, 2.45) is 0 Å². The number of unbranched alkanes of at least 4 members (excludes halogenated alkanes) is 1. The molecule has 0 aromatic carbocycles. The summed E-state index contributed by atoms with van der Waals surface area (Å²) in [7, 11) is 0. The van der Waals surface area contributed by atoms with E-state index in [1.54, 1.807) is 0 Å². The van der Waals surface area contributed by atoms with Crippen molar-refractivity contribution in [2.45, 2.75) is 52.6 Å². The second-order valence-corrected chi connectivity index (χ2v) is 4.44. The SMILES string of the molecule is C=CCCCC(C)NCc1cc(C)oc1C. The largest absolute Gasteiger partial charge is 0.466 e. The van der Waals surface area contributed by atoms with Crippen molar-refractivity contribution >= 4 is 0 Å². The van der Waals surface area contributed by atoms with Gasteiger partial charge in [0.25, 0.3) is 0 Å². The van der Waals surface area contributed by atoms with Crippen LogP contribution in [0.4, 0.5) is 0 Å². The van der Waals surface area contributed by atoms with E-state index in [0.717, 1.165) is 24.5 Å². The van der Waals surface area contributed by atoms with Crippen LogP contribution in [0.15, 0.2) is 23.1 Å². The van der Waals surface area contributed by atoms with Gasteiger partial charge in [0.15, 0.2) is 0 Å². The molecule has 0 aliphatic rings. The lowest BCUT2D eigenvalue weighted by Crippen LogP contribution is -2.25. The number of hydrogen-bond acceptors (Lipinski definition) is 2. The van der Waals surface area contributed by atoms with Crippen LogP contribution in [-0.4, -0.2) is 6.04 Å². The highest BCUT2D eigenvalue weighted by atomic mass is 16.3. The second kappa shape index (κ2) is 6.54. The van der Waals surface area contributed by atoms with Gasteiger partial charge in [-0.3, -0.25) is 0 Å². The summed E-state index contributed by atoms with van der Waals surface area (Å²) in [4.78, 5) is 0. The van der Waals surface area contributed by atoms with Gasteiger partial charge in [0.2, 0.25) is 0 Å². The maximum Gasteiger partial charge on any atom is 0.105 e. The Morgan fingerprint density at radius 3 is 2.81 bits per heavy atom. The molecular formula is C14H23NO. The third-order valence-electron chi connectivity index (χ3n) is 2.83. The first kappa shape index (κ1) is 13.0. The summed E-state index contributed by atoms with van der Waals surface area (Å²) in [6.45, 7) is 10.9. The van der Waals surface area contributed by atoms with Crippen molar-refractivity contribution in [1.82, 2.24) is 5.32 Å². The normalized spacial score (nSPS) is 12.7. The van der Waals surface area contributed by atoms with E-state index in [9.17, 15) is 0 Å². The van der Waals surface area contributed by atoms with E-state index in [1.165, 1.54) is 18.4 Å². The Morgan fingerprint density at radius 1 is 1.50 bits per heavy atom. The van der Waals surface area contributed by atoms with Crippen molar-refractivity contribution < 1.29 is 4.42 Å². The molecule has 0 bridgehead atoms. The van der Waals surface area contributed by atoms with Gasteiger partial charge in [0.05, 0.1) is 0 Å². The molecule has 0 spiro atoms. The number of aryl methyl sites for hydroxylation is 2. The van der Waals surface area contributed by atoms with Gasteiger partial charge < -0.3 is 9.73 Å². The number of nitrogens with one attached hydrogen (secondary N) is 1. The average molecular weight is 221 g/mol. The van der Waals surface area contributed by atoms with E-state index in [4.69, 9.17) is 4.42 Å². The van der Waals surface area contributed by atoms with Crippen LogP contribution in [-0.2, 0) is 6.54 Å². The molecule has 16 heavy (non-hydrogen) atoms. The maximum absolute atomic E-state index is 5.49. The maximum atomic E-state index is 5.49. The van der Waals surface area contributed by atoms with Gasteiger partial charge in [-0.25, -0.2) is 0 Å². The number of rotatable bonds is 7. The third-order valence-corrected chi connectivity index (χ3v) is 2.83. The molecule has 2 nitrogen and oxygen atoms in total. The van der Waals surface area contributed by atoms with E-state index < -0.39 is 0 Å². The van der Waals surface area contributed by atoms with Crippen molar-refractivity contribution in [3.63, 3.8) is 0 Å². The fourth-order valence-corrected chi connectivity index (χ4v) is 1.81. The van der Waals surface area contributed by atoms with Crippen LogP contribution in [0.1, 0.15) is 43.3 Å². The smallest absolute Gasteiger partial charge is 0.105 e. The van der Waals surface area contributed by atoms with E-state index in [2.05, 4.69) is 24.9 Å². The first-order valence-corrected chi connectivity index (χ1v) is 6.03. The predicted octanol–water partition coefficient (Wildman–Crippen LogP) is 3.73. The standard InChI is InChI=1S/C14H23NO/c1-5-6-7-8-11(2)15-10-14-9-12(3)16-13(14)4/h5,9,11,15H,1,6-8,10H2,2-4H3. The minimum absolute atomic E-state index is 0.551. The van der Waals surface area contributed by atoms with Crippen LogP contribution in [0, 0.1) is 13.8 Å². The van der Waals surface area contributed by atoms with Gasteiger partial charge in [-0.2, -0.15) is 0 Å². The monoisotopic (exact) mass is 221 g/mol. The van der Waals surface area contributed by atoms with Crippen LogP contribution in [0.5, 0.6) is 0 Å². The minimum Gasteiger partial charge on any atom is -0.466 e. The van der Waals surface area contributed by atoms with Gasteiger partial charge in [-0.1, -0.05) is 6.08 Å². The number of furan rings is 1. The Balaban J connectivity index is 2.28. The Morgan fingerprint density at radius 2 is 2.25 bits per heavy atom. The van der Waals surface area contributed by atoms with Crippen LogP contribution < -0.4 is 5.32 Å². The Kier molecular flexibility index (Phi) is 5.33. The molecule has 1 rings (SSSR count). The summed E-state index contributed by atoms with van der Waals surface area (Å²) in [5.41, 5.74) is 1.27. The summed E-state index contributed by atoms with van der Waals surface area (Å²) >= 11 is 0. The molecule has 0 fully saturated rings. The van der Waals surface area contributed by atoms with Crippen molar-refractivity contribution in [1.29, 1.82) is 0 Å². The Hall–Kier alpha value is -1.02. The molecule has 0 saturated heterocycles. The van der Waals surface area contributed by atoms with E-state index in [0.29, 0.717) is 6.04 Å². The van der Waals surface area contributed by atoms with Gasteiger partial charge >= 0.3 is 0 Å². The minimum atomic E-state index is 0.551. The van der Waals surface area contributed by atoms with Crippen LogP contribution >= 0.6 is 0 Å². The van der Waals surface area contributed by atoms with Crippen LogP contribution in [0.2, 0.25) is 0 Å². The van der Waals surface area contributed by atoms with E-state index in [1.807, 2.05) is 19.9 Å². The topological polar surface area (TPSA) is 25.2 Å². The summed E-state index contributed by atoms with van der Waals surface area (Å²) < 4.78 is 5.49. The summed E-state index contributed by atoms with van der Waals surface area (Å²) in [6.07, 6.45) is 5.50. The fourth-order valence-electron chi connectivity index (χ4n) is 1.81. The molecule has 0 saturated carbocycles. The molecule has 0 aliphatic heterocycles. The highest BCUT2D eigenvalue weighted by Crippen LogP contribution is 2.13. The highest BCUT2D eigenvalue weighted by Gasteiger charge is 2.06. The fraction of sp³-hybridized carbons (Fsp3) is 0.571. The van der Waals surface area contributed by atoms with E-state index >= 15 is 0 Å². The van der Waals surface area contributed by atoms with Crippen molar-refractivity contribution in [2.75, 3.05) is 0 Å².